The van der Waals surface area contributed by atoms with Crippen LogP contribution in [0.1, 0.15) is 22.4 Å². The molecule has 0 spiro atoms. The summed E-state index contributed by atoms with van der Waals surface area (Å²) in [5.41, 5.74) is 1.30. The van der Waals surface area contributed by atoms with Crippen LogP contribution in [-0.4, -0.2) is 45.8 Å². The first-order valence-corrected chi connectivity index (χ1v) is 8.68. The number of carbonyl (C=O) groups excluding carboxylic acids is 1. The molecule has 0 fully saturated rings. The van der Waals surface area contributed by atoms with Crippen LogP contribution in [0.2, 0.25) is 0 Å². The van der Waals surface area contributed by atoms with Gasteiger partial charge >= 0.3 is 5.69 Å². The van der Waals surface area contributed by atoms with Crippen molar-refractivity contribution in [3.63, 3.8) is 0 Å². The molecular formula is C18H16N6O8. The number of aromatic hydroxyl groups is 1. The number of pyridine rings is 1. The van der Waals surface area contributed by atoms with E-state index in [1.807, 2.05) is 11.5 Å². The van der Waals surface area contributed by atoms with E-state index in [1.165, 1.54) is 7.11 Å². The maximum Gasteiger partial charge on any atom is 0.318 e. The van der Waals surface area contributed by atoms with E-state index in [-0.39, 0.29) is 23.6 Å². The molecule has 1 amide bonds. The van der Waals surface area contributed by atoms with Crippen LogP contribution >= 0.6 is 0 Å². The van der Waals surface area contributed by atoms with Crippen LogP contribution in [0, 0.1) is 38.5 Å². The third-order valence-electron chi connectivity index (χ3n) is 3.85. The highest BCUT2D eigenvalue weighted by molar-refractivity contribution is 5.88. The van der Waals surface area contributed by atoms with Gasteiger partial charge in [-0.05, 0) is 13.0 Å². The number of hydrogen-bond donors (Lipinski definition) is 2. The number of hydrazone groups is 1. The fourth-order valence-corrected chi connectivity index (χ4v) is 2.51. The van der Waals surface area contributed by atoms with Crippen LogP contribution in [0.15, 0.2) is 23.3 Å². The summed E-state index contributed by atoms with van der Waals surface area (Å²) < 4.78 is 10.3. The fourth-order valence-electron chi connectivity index (χ4n) is 2.51. The van der Waals surface area contributed by atoms with Gasteiger partial charge < -0.3 is 14.6 Å². The summed E-state index contributed by atoms with van der Waals surface area (Å²) in [5, 5.41) is 44.6. The number of phenolic OH excluding ortho intramolecular Hbond substituents is 1. The number of aromatic nitrogens is 1. The average molecular weight is 444 g/mol. The number of carbonyl (C=O) groups is 1. The van der Waals surface area contributed by atoms with Gasteiger partial charge in [0.25, 0.3) is 11.6 Å². The lowest BCUT2D eigenvalue weighted by molar-refractivity contribution is -0.394. The molecule has 0 atom stereocenters. The predicted octanol–water partition coefficient (Wildman–Crippen LogP) is 1.46. The normalized spacial score (nSPS) is 10.5. The number of benzene rings is 1. The molecule has 2 N–H and O–H groups in total. The molecule has 2 rings (SSSR count). The van der Waals surface area contributed by atoms with Crippen LogP contribution < -0.4 is 10.2 Å². The third-order valence-corrected chi connectivity index (χ3v) is 3.85. The number of nitro benzene ring substituents is 2. The first-order chi connectivity index (χ1) is 15.2. The lowest BCUT2D eigenvalue weighted by Gasteiger charge is -2.10. The molecule has 0 saturated heterocycles. The van der Waals surface area contributed by atoms with E-state index in [0.29, 0.717) is 17.3 Å². The number of non-ortho nitro benzene ring substituents is 1. The molecule has 0 aliphatic rings. The number of nitriles is 1. The number of nitrogens with one attached hydrogen (secondary N) is 1. The Labute approximate surface area is 180 Å². The topological polar surface area (TPSA) is 203 Å². The second-order valence-corrected chi connectivity index (χ2v) is 6.15. The summed E-state index contributed by atoms with van der Waals surface area (Å²) in [6, 6.07) is 5.02. The number of nitrogens with zero attached hydrogens (tertiary/aromatic N) is 5. The lowest BCUT2D eigenvalue weighted by atomic mass is 10.1. The van der Waals surface area contributed by atoms with Gasteiger partial charge in [0, 0.05) is 24.4 Å². The highest BCUT2D eigenvalue weighted by atomic mass is 16.6. The Hall–Kier alpha value is -4.64. The minimum absolute atomic E-state index is 0.0781. The minimum atomic E-state index is -0.994. The van der Waals surface area contributed by atoms with Gasteiger partial charge in [-0.2, -0.15) is 10.4 Å². The van der Waals surface area contributed by atoms with E-state index in [0.717, 1.165) is 12.3 Å². The average Bonchev–Trinajstić information content (AvgIpc) is 2.73. The molecule has 0 aliphatic carbocycles. The van der Waals surface area contributed by atoms with Gasteiger partial charge in [-0.25, -0.2) is 10.4 Å². The van der Waals surface area contributed by atoms with E-state index in [2.05, 4.69) is 10.1 Å². The summed E-state index contributed by atoms with van der Waals surface area (Å²) in [5.74, 6) is -1.73. The Morgan fingerprint density at radius 1 is 1.34 bits per heavy atom. The van der Waals surface area contributed by atoms with Crippen molar-refractivity contribution >= 4 is 23.5 Å². The molecule has 1 aromatic heterocycles. The van der Waals surface area contributed by atoms with Gasteiger partial charge in [0.05, 0.1) is 34.3 Å². The number of aryl methyl sites for hydroxylation is 1. The highest BCUT2D eigenvalue weighted by Gasteiger charge is 2.23. The van der Waals surface area contributed by atoms with E-state index >= 15 is 0 Å². The molecule has 0 bridgehead atoms. The smallest absolute Gasteiger partial charge is 0.318 e. The molecule has 14 nitrogen and oxygen atoms in total. The Morgan fingerprint density at radius 2 is 2.06 bits per heavy atom. The van der Waals surface area contributed by atoms with Crippen molar-refractivity contribution in [1.82, 2.24) is 10.4 Å². The molecule has 0 aliphatic heterocycles. The lowest BCUT2D eigenvalue weighted by Crippen LogP contribution is -2.25. The quantitative estimate of drug-likeness (QED) is 0.323. The minimum Gasteiger partial charge on any atom is -0.502 e. The molecule has 1 heterocycles. The fraction of sp³-hybridized carbons (Fsp3) is 0.222. The van der Waals surface area contributed by atoms with Crippen molar-refractivity contribution in [1.29, 1.82) is 5.26 Å². The van der Waals surface area contributed by atoms with Crippen molar-refractivity contribution in [3.05, 3.63) is 60.8 Å². The molecule has 2 aromatic rings. The van der Waals surface area contributed by atoms with Gasteiger partial charge in [0.1, 0.15) is 11.6 Å². The molecule has 166 valence electrons. The maximum atomic E-state index is 12.0. The summed E-state index contributed by atoms with van der Waals surface area (Å²) in [7, 11) is 1.46. The SMILES string of the molecule is COCc1cc(C)nc(OCC(=O)N/N=C\c2cc([N+](=O)[O-])cc([N+](=O)[O-])c2O)c1C#N. The zero-order chi connectivity index (χ0) is 23.8. The molecule has 0 saturated carbocycles. The van der Waals surface area contributed by atoms with Crippen molar-refractivity contribution in [2.24, 2.45) is 5.10 Å². The second-order valence-electron chi connectivity index (χ2n) is 6.15. The Kier molecular flexibility index (Phi) is 7.69. The molecule has 32 heavy (non-hydrogen) atoms. The van der Waals surface area contributed by atoms with Crippen molar-refractivity contribution in [2.75, 3.05) is 13.7 Å². The Morgan fingerprint density at radius 3 is 2.66 bits per heavy atom. The largest absolute Gasteiger partial charge is 0.502 e. The zero-order valence-electron chi connectivity index (χ0n) is 16.8. The Balaban J connectivity index is 2.12. The number of nitro groups is 2. The third kappa shape index (κ3) is 5.70. The zero-order valence-corrected chi connectivity index (χ0v) is 16.8. The van der Waals surface area contributed by atoms with Gasteiger partial charge in [-0.1, -0.05) is 0 Å². The van der Waals surface area contributed by atoms with Crippen LogP contribution in [0.5, 0.6) is 11.6 Å². The maximum absolute atomic E-state index is 12.0. The van der Waals surface area contributed by atoms with Crippen molar-refractivity contribution < 1.29 is 29.2 Å². The van der Waals surface area contributed by atoms with Crippen molar-refractivity contribution in [2.45, 2.75) is 13.5 Å². The molecule has 14 heteroatoms. The molecule has 0 unspecified atom stereocenters. The summed E-state index contributed by atoms with van der Waals surface area (Å²) in [6.07, 6.45) is 0.801. The Bertz CT molecular complexity index is 1140. The number of hydrogen-bond acceptors (Lipinski definition) is 11. The predicted molar refractivity (Wildman–Crippen MR) is 107 cm³/mol. The van der Waals surface area contributed by atoms with E-state index in [9.17, 15) is 35.4 Å². The van der Waals surface area contributed by atoms with E-state index in [4.69, 9.17) is 9.47 Å². The van der Waals surface area contributed by atoms with Crippen LogP contribution in [0.3, 0.4) is 0 Å². The first-order valence-electron chi connectivity index (χ1n) is 8.68. The number of ether oxygens (including phenoxy) is 2. The standard InChI is InChI=1S/C18H16N6O8/c1-10-3-12(8-31-2)14(6-19)18(21-10)32-9-16(25)22-20-7-11-4-13(23(27)28)5-15(17(11)26)24(29)30/h3-5,7,26H,8-9H2,1-2H3,(H,22,25)/b20-7-. The summed E-state index contributed by atoms with van der Waals surface area (Å²) >= 11 is 0. The van der Waals surface area contributed by atoms with Crippen LogP contribution in [-0.2, 0) is 16.1 Å². The molecule has 1 aromatic carbocycles. The van der Waals surface area contributed by atoms with Crippen LogP contribution in [0.25, 0.3) is 0 Å². The van der Waals surface area contributed by atoms with Gasteiger partial charge in [-0.15, -0.1) is 0 Å². The van der Waals surface area contributed by atoms with Gasteiger partial charge in [0.15, 0.2) is 6.61 Å². The molecule has 0 radical (unpaired) electrons. The first kappa shape index (κ1) is 23.6. The number of amides is 1. The second kappa shape index (κ2) is 10.4. The van der Waals surface area contributed by atoms with Gasteiger partial charge in [0.2, 0.25) is 11.6 Å². The highest BCUT2D eigenvalue weighted by Crippen LogP contribution is 2.33. The summed E-state index contributed by atoms with van der Waals surface area (Å²) in [4.78, 5) is 36.0. The monoisotopic (exact) mass is 444 g/mol. The van der Waals surface area contributed by atoms with Gasteiger partial charge in [-0.3, -0.25) is 25.0 Å². The van der Waals surface area contributed by atoms with E-state index < -0.39 is 39.5 Å². The summed E-state index contributed by atoms with van der Waals surface area (Å²) in [6.45, 7) is 1.22. The molecular weight excluding hydrogens is 428 g/mol. The number of phenols is 1. The van der Waals surface area contributed by atoms with E-state index in [1.54, 1.807) is 13.0 Å². The van der Waals surface area contributed by atoms with Crippen molar-refractivity contribution in [3.8, 4) is 17.7 Å². The van der Waals surface area contributed by atoms with Crippen LogP contribution in [0.4, 0.5) is 11.4 Å². The number of methoxy groups -OCH3 is 1. The number of rotatable bonds is 9.